The monoisotopic (exact) mass is 199 g/mol. The molecule has 0 aliphatic heterocycles. The molecule has 14 heavy (non-hydrogen) atoms. The Morgan fingerprint density at radius 1 is 1.57 bits per heavy atom. The number of aliphatic hydroxyl groups excluding tert-OH is 1. The van der Waals surface area contributed by atoms with E-state index < -0.39 is 6.29 Å². The average Bonchev–Trinajstić information content (AvgIpc) is 2.16. The molecule has 1 aromatic rings. The number of rotatable bonds is 4. The van der Waals surface area contributed by atoms with E-state index in [1.165, 1.54) is 7.11 Å². The summed E-state index contributed by atoms with van der Waals surface area (Å²) in [6.07, 6.45) is -1.44. The van der Waals surface area contributed by atoms with Crippen LogP contribution in [0.5, 0.6) is 5.88 Å². The molecular weight excluding hydrogens is 186 g/mol. The summed E-state index contributed by atoms with van der Waals surface area (Å²) in [5.74, 6) is 0.784. The molecule has 0 saturated heterocycles. The Hall–Kier alpha value is -1.53. The van der Waals surface area contributed by atoms with E-state index >= 15 is 0 Å². The topological polar surface area (TPSA) is 101 Å². The van der Waals surface area contributed by atoms with Crippen molar-refractivity contribution in [3.63, 3.8) is 0 Å². The molecule has 0 atom stereocenters. The first-order chi connectivity index (χ1) is 6.63. The molecule has 0 radical (unpaired) electrons. The zero-order valence-corrected chi connectivity index (χ0v) is 7.77. The lowest BCUT2D eigenvalue weighted by molar-refractivity contribution is -0.0276. The number of ether oxygens (including phenoxy) is 1. The number of methoxy groups -OCH3 is 1. The Morgan fingerprint density at radius 2 is 2.29 bits per heavy atom. The minimum absolute atomic E-state index is 0.0373. The van der Waals surface area contributed by atoms with Crippen LogP contribution in [0, 0.1) is 0 Å². The number of nitrogens with zero attached hydrogens (tertiary/aromatic N) is 1. The van der Waals surface area contributed by atoms with Gasteiger partial charge in [0.1, 0.15) is 0 Å². The van der Waals surface area contributed by atoms with E-state index in [0.717, 1.165) is 0 Å². The van der Waals surface area contributed by atoms with Gasteiger partial charge in [-0.05, 0) is 6.07 Å². The van der Waals surface area contributed by atoms with E-state index in [-0.39, 0.29) is 6.54 Å². The molecule has 0 aliphatic rings. The number of nitrogen functional groups attached to an aromatic ring is 1. The van der Waals surface area contributed by atoms with Gasteiger partial charge in [0, 0.05) is 6.07 Å². The molecule has 1 rings (SSSR count). The molecule has 0 bridgehead atoms. The van der Waals surface area contributed by atoms with Gasteiger partial charge in [0.25, 0.3) is 0 Å². The smallest absolute Gasteiger partial charge is 0.215 e. The van der Waals surface area contributed by atoms with Crippen molar-refractivity contribution in [3.8, 4) is 5.88 Å². The molecule has 0 spiro atoms. The second-order valence-corrected chi connectivity index (χ2v) is 2.65. The van der Waals surface area contributed by atoms with Crippen LogP contribution in [-0.4, -0.2) is 35.1 Å². The zero-order chi connectivity index (χ0) is 10.6. The van der Waals surface area contributed by atoms with E-state index in [9.17, 15) is 0 Å². The van der Waals surface area contributed by atoms with Crippen LogP contribution in [0.15, 0.2) is 12.1 Å². The summed E-state index contributed by atoms with van der Waals surface area (Å²) in [7, 11) is 1.49. The van der Waals surface area contributed by atoms with Crippen molar-refractivity contribution < 1.29 is 14.9 Å². The van der Waals surface area contributed by atoms with Gasteiger partial charge in [-0.3, -0.25) is 0 Å². The molecule has 1 aromatic heterocycles. The maximum Gasteiger partial charge on any atom is 0.215 e. The van der Waals surface area contributed by atoms with Gasteiger partial charge in [0.15, 0.2) is 12.1 Å². The van der Waals surface area contributed by atoms with Gasteiger partial charge in [-0.2, -0.15) is 4.98 Å². The number of aromatic nitrogens is 1. The molecule has 1 heterocycles. The third kappa shape index (κ3) is 2.75. The molecule has 0 aliphatic carbocycles. The fraction of sp³-hybridized carbons (Fsp3) is 0.375. The van der Waals surface area contributed by atoms with Crippen LogP contribution in [0.4, 0.5) is 11.5 Å². The first kappa shape index (κ1) is 10.6. The van der Waals surface area contributed by atoms with Crippen molar-refractivity contribution in [1.82, 2.24) is 4.98 Å². The van der Waals surface area contributed by atoms with Crippen molar-refractivity contribution in [3.05, 3.63) is 12.1 Å². The second-order valence-electron chi connectivity index (χ2n) is 2.65. The second kappa shape index (κ2) is 4.64. The maximum absolute atomic E-state index is 8.62. The maximum atomic E-state index is 8.62. The summed E-state index contributed by atoms with van der Waals surface area (Å²) < 4.78 is 4.88. The van der Waals surface area contributed by atoms with E-state index in [4.69, 9.17) is 20.7 Å². The van der Waals surface area contributed by atoms with E-state index in [0.29, 0.717) is 17.4 Å². The van der Waals surface area contributed by atoms with Crippen molar-refractivity contribution in [2.75, 3.05) is 24.7 Å². The Bertz CT molecular complexity index is 304. The Balaban J connectivity index is 2.73. The minimum atomic E-state index is -1.44. The number of pyridine rings is 1. The van der Waals surface area contributed by atoms with Crippen LogP contribution >= 0.6 is 0 Å². The summed E-state index contributed by atoms with van der Waals surface area (Å²) in [4.78, 5) is 3.98. The number of aliphatic hydroxyl groups is 2. The molecular formula is C8H13N3O3. The first-order valence-electron chi connectivity index (χ1n) is 4.04. The predicted molar refractivity (Wildman–Crippen MR) is 51.9 cm³/mol. The van der Waals surface area contributed by atoms with Crippen molar-refractivity contribution in [2.24, 2.45) is 0 Å². The number of hydrogen-bond acceptors (Lipinski definition) is 6. The summed E-state index contributed by atoms with van der Waals surface area (Å²) in [6.45, 7) is -0.0373. The van der Waals surface area contributed by atoms with Gasteiger partial charge in [-0.1, -0.05) is 0 Å². The van der Waals surface area contributed by atoms with Gasteiger partial charge < -0.3 is 26.0 Å². The van der Waals surface area contributed by atoms with Crippen molar-refractivity contribution in [2.45, 2.75) is 6.29 Å². The lowest BCUT2D eigenvalue weighted by Gasteiger charge is -2.10. The van der Waals surface area contributed by atoms with E-state index in [2.05, 4.69) is 10.3 Å². The molecule has 6 heteroatoms. The van der Waals surface area contributed by atoms with Crippen molar-refractivity contribution in [1.29, 1.82) is 0 Å². The van der Waals surface area contributed by atoms with Crippen LogP contribution in [0.3, 0.4) is 0 Å². The normalized spacial score (nSPS) is 10.3. The minimum Gasteiger partial charge on any atom is -0.481 e. The molecule has 0 unspecified atom stereocenters. The molecule has 0 saturated carbocycles. The molecule has 6 nitrogen and oxygen atoms in total. The summed E-state index contributed by atoms with van der Waals surface area (Å²) in [5, 5.41) is 19.9. The highest BCUT2D eigenvalue weighted by atomic mass is 16.5. The van der Waals surface area contributed by atoms with Crippen LogP contribution in [0.25, 0.3) is 0 Å². The largest absolute Gasteiger partial charge is 0.481 e. The Morgan fingerprint density at radius 3 is 2.86 bits per heavy atom. The Labute approximate surface area is 81.3 Å². The predicted octanol–water partition coefficient (Wildman–Crippen LogP) is -0.605. The highest BCUT2D eigenvalue weighted by molar-refractivity contribution is 5.61. The third-order valence-corrected chi connectivity index (χ3v) is 1.56. The van der Waals surface area contributed by atoms with Gasteiger partial charge in [-0.25, -0.2) is 0 Å². The summed E-state index contributed by atoms with van der Waals surface area (Å²) >= 11 is 0. The van der Waals surface area contributed by atoms with Crippen LogP contribution in [0.1, 0.15) is 0 Å². The lowest BCUT2D eigenvalue weighted by atomic mass is 10.4. The lowest BCUT2D eigenvalue weighted by Crippen LogP contribution is -2.19. The van der Waals surface area contributed by atoms with E-state index in [1.54, 1.807) is 12.1 Å². The van der Waals surface area contributed by atoms with Crippen LogP contribution in [-0.2, 0) is 0 Å². The van der Waals surface area contributed by atoms with Crippen LogP contribution in [0.2, 0.25) is 0 Å². The molecule has 0 amide bonds. The standard InChI is InChI=1S/C8H13N3O3/c1-14-6-3-2-5(9)8(11-6)10-4-7(12)13/h2-3,7,12-13H,4,9H2,1H3,(H,10,11). The number of anilines is 2. The highest BCUT2D eigenvalue weighted by Crippen LogP contribution is 2.18. The van der Waals surface area contributed by atoms with Gasteiger partial charge in [0.05, 0.1) is 19.3 Å². The van der Waals surface area contributed by atoms with E-state index in [1.807, 2.05) is 0 Å². The molecule has 78 valence electrons. The van der Waals surface area contributed by atoms with Gasteiger partial charge in [0.2, 0.25) is 5.88 Å². The zero-order valence-electron chi connectivity index (χ0n) is 7.77. The van der Waals surface area contributed by atoms with Crippen molar-refractivity contribution >= 4 is 11.5 Å². The molecule has 0 aromatic carbocycles. The van der Waals surface area contributed by atoms with Gasteiger partial charge in [-0.15, -0.1) is 0 Å². The highest BCUT2D eigenvalue weighted by Gasteiger charge is 2.04. The number of nitrogens with two attached hydrogens (primary N) is 1. The quantitative estimate of drug-likeness (QED) is 0.483. The number of hydrogen-bond donors (Lipinski definition) is 4. The summed E-state index contributed by atoms with van der Waals surface area (Å²) in [5.41, 5.74) is 6.01. The molecule has 5 N–H and O–H groups in total. The van der Waals surface area contributed by atoms with Crippen LogP contribution < -0.4 is 15.8 Å². The average molecular weight is 199 g/mol. The SMILES string of the molecule is COc1ccc(N)c(NCC(O)O)n1. The Kier molecular flexibility index (Phi) is 3.49. The number of nitrogens with one attached hydrogen (secondary N) is 1. The molecule has 0 fully saturated rings. The first-order valence-corrected chi connectivity index (χ1v) is 4.04. The third-order valence-electron chi connectivity index (χ3n) is 1.56. The fourth-order valence-electron chi connectivity index (χ4n) is 0.895. The fourth-order valence-corrected chi connectivity index (χ4v) is 0.895. The summed E-state index contributed by atoms with van der Waals surface area (Å²) in [6, 6.07) is 3.24. The van der Waals surface area contributed by atoms with Gasteiger partial charge >= 0.3 is 0 Å².